The summed E-state index contributed by atoms with van der Waals surface area (Å²) >= 11 is 1.34. The number of β-lactam (4-membered cyclic amide) rings is 1. The number of carbonyl (C=O) groups excluding carboxylic acids is 3. The fraction of sp³-hybridized carbons (Fsp3) is 0.444. The van der Waals surface area contributed by atoms with E-state index in [1.165, 1.54) is 35.7 Å². The normalized spacial score (nSPS) is 26.1. The van der Waals surface area contributed by atoms with Crippen LogP contribution in [-0.2, 0) is 19.2 Å². The van der Waals surface area contributed by atoms with E-state index < -0.39 is 52.0 Å². The monoisotopic (exact) mass is 407 g/mol. The predicted molar refractivity (Wildman–Crippen MR) is 100 cm³/mol. The van der Waals surface area contributed by atoms with Crippen molar-refractivity contribution in [1.29, 1.82) is 0 Å². The number of carboxylic acid groups (broad SMARTS) is 1. The number of rotatable bonds is 5. The average molecular weight is 407 g/mol. The molecule has 9 nitrogen and oxygen atoms in total. The third-order valence-electron chi connectivity index (χ3n) is 4.76. The van der Waals surface area contributed by atoms with E-state index in [0.29, 0.717) is 11.3 Å². The molecule has 1 aromatic carbocycles. The van der Waals surface area contributed by atoms with Crippen LogP contribution in [0.1, 0.15) is 32.4 Å². The molecule has 0 spiro atoms. The number of thioether (sulfide) groups is 1. The Morgan fingerprint density at radius 1 is 1.29 bits per heavy atom. The molecule has 4 atom stereocenters. The molecule has 150 valence electrons. The third kappa shape index (κ3) is 3.45. The zero-order valence-corrected chi connectivity index (χ0v) is 16.4. The van der Waals surface area contributed by atoms with Crippen LogP contribution in [0.5, 0.6) is 5.75 Å². The summed E-state index contributed by atoms with van der Waals surface area (Å²) < 4.78 is 4.26. The Balaban J connectivity index is 1.66. The number of nitrogens with zero attached hydrogens (tertiary/aromatic N) is 1. The Bertz CT molecular complexity index is 840. The molecule has 1 aromatic rings. The van der Waals surface area contributed by atoms with Gasteiger partial charge in [-0.05, 0) is 31.5 Å². The summed E-state index contributed by atoms with van der Waals surface area (Å²) in [5, 5.41) is 11.6. The number of carbonyl (C=O) groups is 4. The first kappa shape index (κ1) is 20.2. The smallest absolute Gasteiger partial charge is 0.327 e. The summed E-state index contributed by atoms with van der Waals surface area (Å²) in [6, 6.07) is 3.39. The molecular weight excluding hydrogens is 386 g/mol. The van der Waals surface area contributed by atoms with Crippen molar-refractivity contribution >= 4 is 35.5 Å². The number of nitrogens with one attached hydrogen (secondary N) is 1. The molecule has 2 fully saturated rings. The van der Waals surface area contributed by atoms with Crippen molar-refractivity contribution in [2.45, 2.75) is 49.0 Å². The number of amides is 2. The second-order valence-electron chi connectivity index (χ2n) is 7.22. The van der Waals surface area contributed by atoms with Gasteiger partial charge in [0.2, 0.25) is 11.8 Å². The Kier molecular flexibility index (Phi) is 5.11. The molecule has 0 aliphatic carbocycles. The first-order valence-corrected chi connectivity index (χ1v) is 9.48. The van der Waals surface area contributed by atoms with Gasteiger partial charge >= 0.3 is 11.9 Å². The van der Waals surface area contributed by atoms with Crippen molar-refractivity contribution in [1.82, 2.24) is 10.2 Å². The van der Waals surface area contributed by atoms with Crippen LogP contribution in [0.2, 0.25) is 0 Å². The van der Waals surface area contributed by atoms with Crippen LogP contribution in [-0.4, -0.2) is 56.0 Å². The fourth-order valence-corrected chi connectivity index (χ4v) is 5.07. The predicted octanol–water partition coefficient (Wildman–Crippen LogP) is 0.243. The Hall–Kier alpha value is -2.59. The maximum atomic E-state index is 12.5. The highest BCUT2D eigenvalue weighted by Gasteiger charge is 2.64. The largest absolute Gasteiger partial charge is 0.480 e. The van der Waals surface area contributed by atoms with E-state index in [1.807, 2.05) is 0 Å². The van der Waals surface area contributed by atoms with Crippen molar-refractivity contribution in [3.63, 3.8) is 0 Å². The maximum Gasteiger partial charge on any atom is 0.327 e. The second-order valence-corrected chi connectivity index (χ2v) is 9.00. The van der Waals surface area contributed by atoms with Crippen LogP contribution in [0.4, 0.5) is 0 Å². The van der Waals surface area contributed by atoms with E-state index in [0.717, 1.165) is 0 Å². The number of esters is 1. The van der Waals surface area contributed by atoms with Gasteiger partial charge in [0.05, 0.1) is 0 Å². The van der Waals surface area contributed by atoms with E-state index >= 15 is 0 Å². The molecule has 0 saturated carbocycles. The van der Waals surface area contributed by atoms with Crippen LogP contribution >= 0.6 is 11.8 Å². The van der Waals surface area contributed by atoms with Gasteiger partial charge in [-0.15, -0.1) is 11.8 Å². The van der Waals surface area contributed by atoms with Crippen molar-refractivity contribution in [2.75, 3.05) is 0 Å². The zero-order chi connectivity index (χ0) is 20.8. The van der Waals surface area contributed by atoms with Gasteiger partial charge in [0.25, 0.3) is 0 Å². The topological polar surface area (TPSA) is 139 Å². The maximum absolute atomic E-state index is 12.5. The number of nitrogens with two attached hydrogens (primary N) is 1. The molecule has 2 saturated heterocycles. The molecule has 1 unspecified atom stereocenters. The first-order valence-electron chi connectivity index (χ1n) is 8.60. The molecular formula is C18H21N3O6S. The summed E-state index contributed by atoms with van der Waals surface area (Å²) in [6.45, 7) is 4.80. The van der Waals surface area contributed by atoms with E-state index in [1.54, 1.807) is 26.0 Å². The van der Waals surface area contributed by atoms with E-state index in [2.05, 4.69) is 5.32 Å². The highest BCUT2D eigenvalue weighted by Crippen LogP contribution is 2.50. The van der Waals surface area contributed by atoms with Crippen LogP contribution in [0.3, 0.4) is 0 Å². The molecule has 28 heavy (non-hydrogen) atoms. The minimum atomic E-state index is -1.07. The van der Waals surface area contributed by atoms with E-state index in [-0.39, 0.29) is 0 Å². The van der Waals surface area contributed by atoms with Gasteiger partial charge in [0, 0.05) is 11.7 Å². The van der Waals surface area contributed by atoms with Gasteiger partial charge in [0.1, 0.15) is 29.2 Å². The molecule has 2 heterocycles. The number of benzene rings is 1. The quantitative estimate of drug-likeness (QED) is 0.358. The minimum Gasteiger partial charge on any atom is -0.480 e. The molecule has 4 N–H and O–H groups in total. The summed E-state index contributed by atoms with van der Waals surface area (Å²) in [6.07, 6.45) is 0. The molecule has 0 radical (unpaired) electrons. The highest BCUT2D eigenvalue weighted by atomic mass is 32.2. The molecule has 0 aromatic heterocycles. The number of aliphatic carboxylic acids is 1. The molecule has 3 rings (SSSR count). The lowest BCUT2D eigenvalue weighted by molar-refractivity contribution is -0.161. The number of carboxylic acids is 1. The summed E-state index contributed by atoms with van der Waals surface area (Å²) in [5.41, 5.74) is 6.47. The molecule has 2 aliphatic heterocycles. The van der Waals surface area contributed by atoms with E-state index in [4.69, 9.17) is 10.5 Å². The van der Waals surface area contributed by atoms with Crippen molar-refractivity contribution in [3.05, 3.63) is 29.8 Å². The van der Waals surface area contributed by atoms with Crippen molar-refractivity contribution < 1.29 is 29.0 Å². The highest BCUT2D eigenvalue weighted by molar-refractivity contribution is 8.01. The lowest BCUT2D eigenvalue weighted by atomic mass is 9.95. The molecule has 0 bridgehead atoms. The lowest BCUT2D eigenvalue weighted by Crippen LogP contribution is -2.71. The van der Waals surface area contributed by atoms with Crippen molar-refractivity contribution in [2.24, 2.45) is 5.73 Å². The number of hydrogen-bond acceptors (Lipinski definition) is 7. The summed E-state index contributed by atoms with van der Waals surface area (Å²) in [7, 11) is 0. The molecule has 10 heteroatoms. The first-order chi connectivity index (χ1) is 13.0. The van der Waals surface area contributed by atoms with Gasteiger partial charge in [-0.25, -0.2) is 4.79 Å². The molecule has 2 amide bonds. The van der Waals surface area contributed by atoms with Crippen LogP contribution in [0, 0.1) is 0 Å². The lowest BCUT2D eigenvalue weighted by Gasteiger charge is -2.43. The second kappa shape index (κ2) is 7.10. The minimum absolute atomic E-state index is 0.331. The molecule has 2 aliphatic rings. The Morgan fingerprint density at radius 2 is 1.89 bits per heavy atom. The van der Waals surface area contributed by atoms with Crippen molar-refractivity contribution in [3.8, 4) is 5.75 Å². The van der Waals surface area contributed by atoms with Crippen LogP contribution in [0.25, 0.3) is 0 Å². The number of fused-ring (bicyclic) bond motifs is 1. The Labute approximate surface area is 165 Å². The van der Waals surface area contributed by atoms with Crippen LogP contribution in [0.15, 0.2) is 24.3 Å². The fourth-order valence-electron chi connectivity index (χ4n) is 3.45. The van der Waals surface area contributed by atoms with Gasteiger partial charge < -0.3 is 25.8 Å². The van der Waals surface area contributed by atoms with Gasteiger partial charge in [-0.1, -0.05) is 12.1 Å². The number of hydrogen-bond donors (Lipinski definition) is 3. The summed E-state index contributed by atoms with van der Waals surface area (Å²) in [4.78, 5) is 48.7. The van der Waals surface area contributed by atoms with E-state index in [9.17, 15) is 24.3 Å². The van der Waals surface area contributed by atoms with Gasteiger partial charge in [-0.2, -0.15) is 0 Å². The Morgan fingerprint density at radius 3 is 2.43 bits per heavy atom. The zero-order valence-electron chi connectivity index (χ0n) is 15.5. The van der Waals surface area contributed by atoms with Gasteiger partial charge in [0.15, 0.2) is 0 Å². The third-order valence-corrected chi connectivity index (χ3v) is 6.33. The SMILES string of the molecule is CC(=O)Oc1ccc(C(N)C(=O)N[C@@H]2C(=O)N3[C@@H]2SC(C)(C)[C@@H]3C(=O)O)cc1. The summed E-state index contributed by atoms with van der Waals surface area (Å²) in [5.74, 6) is -2.17. The average Bonchev–Trinajstić information content (AvgIpc) is 2.87. The van der Waals surface area contributed by atoms with Crippen LogP contribution < -0.4 is 15.8 Å². The standard InChI is InChI=1S/C18H21N3O6S/c1-8(22)27-10-6-4-9(5-7-10)11(19)14(23)20-12-15(24)21-13(17(25)26)18(2,3)28-16(12)21/h4-7,11-13,16H,19H2,1-3H3,(H,20,23)(H,25,26)/t11?,12-,13+,16-/m1/s1. The number of ether oxygens (including phenoxy) is 1. The van der Waals surface area contributed by atoms with Gasteiger partial charge in [-0.3, -0.25) is 14.4 Å².